The van der Waals surface area contributed by atoms with Crippen LogP contribution in [0.1, 0.15) is 0 Å². The van der Waals surface area contributed by atoms with Gasteiger partial charge >= 0.3 is 0 Å². The van der Waals surface area contributed by atoms with E-state index < -0.39 is 0 Å². The predicted molar refractivity (Wildman–Crippen MR) is 22.3 cm³/mol. The first kappa shape index (κ1) is 2.94. The van der Waals surface area contributed by atoms with Crippen LogP contribution < -0.4 is 0 Å². The first-order valence-corrected chi connectivity index (χ1v) is 2.18. The van der Waals surface area contributed by atoms with Gasteiger partial charge in [0.2, 0.25) is 0 Å². The fourth-order valence-electron chi connectivity index (χ4n) is 0.144. The minimum absolute atomic E-state index is 0.764. The van der Waals surface area contributed by atoms with Crippen LogP contribution in [-0.4, -0.2) is 11.9 Å². The first-order valence-electron chi connectivity index (χ1n) is 1.23. The third kappa shape index (κ3) is 0.499. The Bertz CT molecular complexity index is 73.6. The Balaban J connectivity index is 2.64. The Hall–Kier alpha value is -0.270. The van der Waals surface area contributed by atoms with E-state index in [9.17, 15) is 0 Å². The molecule has 0 saturated carbocycles. The molecule has 0 saturated heterocycles. The maximum Gasteiger partial charge on any atom is 0.118 e. The third-order valence-electron chi connectivity index (χ3n) is 0.298. The summed E-state index contributed by atoms with van der Waals surface area (Å²) in [6, 6.07) is 2.44. The molecule has 0 amide bonds. The Morgan fingerprint density at radius 1 is 1.80 bits per heavy atom. The number of rotatable bonds is 0. The van der Waals surface area contributed by atoms with Crippen molar-refractivity contribution in [3.8, 4) is 0 Å². The van der Waals surface area contributed by atoms with Crippen molar-refractivity contribution in [2.45, 2.75) is 0 Å². The van der Waals surface area contributed by atoms with E-state index >= 15 is 0 Å². The number of hydrogen-bond acceptors (Lipinski definition) is 3. The van der Waals surface area contributed by atoms with Gasteiger partial charge in [-0.3, -0.25) is 0 Å². The predicted octanol–water partition coefficient (Wildman–Crippen LogP) is 0.780. The summed E-state index contributed by atoms with van der Waals surface area (Å²) < 4.78 is 3.58. The van der Waals surface area contributed by atoms with Crippen LogP contribution in [0.2, 0.25) is 0 Å². The lowest BCUT2D eigenvalue weighted by Crippen LogP contribution is -1.49. The van der Waals surface area contributed by atoms with Crippen molar-refractivity contribution < 1.29 is 0 Å². The molecule has 2 nitrogen and oxygen atoms in total. The smallest absolute Gasteiger partial charge is 0.118 e. The Labute approximate surface area is 34.1 Å². The highest BCUT2D eigenvalue weighted by Gasteiger charge is 1.79. The molecule has 0 atom stereocenters. The third-order valence-corrected chi connectivity index (χ3v) is 0.754. The molecule has 0 aliphatic carbocycles. The van der Waals surface area contributed by atoms with E-state index in [1.54, 1.807) is 0 Å². The molecule has 5 heavy (non-hydrogen) atoms. The Kier molecular flexibility index (Phi) is 0.731. The van der Waals surface area contributed by atoms with Crippen molar-refractivity contribution in [2.75, 3.05) is 5.88 Å². The van der Waals surface area contributed by atoms with E-state index in [-0.39, 0.29) is 0 Å². The summed E-state index contributed by atoms with van der Waals surface area (Å²) in [5.41, 5.74) is 0. The summed E-state index contributed by atoms with van der Waals surface area (Å²) in [5, 5.41) is 0. The van der Waals surface area contributed by atoms with E-state index in [2.05, 4.69) is 15.4 Å². The molecule has 0 fully saturated rings. The standard InChI is InChI=1S/C2H2N2S/c1-3-2-5-4-1/h2H2. The van der Waals surface area contributed by atoms with E-state index in [0.29, 0.717) is 0 Å². The molecule has 3 heteroatoms. The summed E-state index contributed by atoms with van der Waals surface area (Å²) in [6.07, 6.45) is 0. The van der Waals surface area contributed by atoms with Crippen LogP contribution in [0.4, 0.5) is 0 Å². The zero-order valence-electron chi connectivity index (χ0n) is 2.51. The summed E-state index contributed by atoms with van der Waals surface area (Å²) in [5.74, 6) is 0.764. The van der Waals surface area contributed by atoms with Crippen molar-refractivity contribution in [1.82, 2.24) is 0 Å². The molecule has 0 aromatic rings. The molecule has 26 valence electrons. The average Bonchev–Trinajstić information content (AvgIpc) is 1.76. The molecule has 0 bridgehead atoms. The van der Waals surface area contributed by atoms with Crippen LogP contribution >= 0.6 is 11.9 Å². The zero-order chi connectivity index (χ0) is 3.54. The molecule has 0 radical (unpaired) electrons. The van der Waals surface area contributed by atoms with Crippen LogP contribution in [0.3, 0.4) is 0 Å². The molecular formula is C2H2N2S. The molecule has 1 rings (SSSR count). The van der Waals surface area contributed by atoms with Gasteiger partial charge in [-0.1, -0.05) is 0 Å². The molecule has 1 aliphatic rings. The largest absolute Gasteiger partial charge is 0.212 e. The van der Waals surface area contributed by atoms with Gasteiger partial charge in [-0.2, -0.15) is 4.40 Å². The zero-order valence-corrected chi connectivity index (χ0v) is 3.33. The first-order chi connectivity index (χ1) is 2.50. The topological polar surface area (TPSA) is 24.7 Å². The molecule has 0 N–H and O–H groups in total. The van der Waals surface area contributed by atoms with Crippen LogP contribution in [-0.2, 0) is 0 Å². The van der Waals surface area contributed by atoms with E-state index in [1.807, 2.05) is 0 Å². The lowest BCUT2D eigenvalue weighted by molar-refractivity contribution is 1.43. The van der Waals surface area contributed by atoms with Crippen LogP contribution in [0.15, 0.2) is 9.39 Å². The second-order valence-electron chi connectivity index (χ2n) is 0.608. The molecule has 1 aliphatic heterocycles. The normalized spacial score (nSPS) is 17.6. The molecule has 0 aromatic carbocycles. The van der Waals surface area contributed by atoms with Crippen molar-refractivity contribution in [3.05, 3.63) is 0 Å². The fraction of sp³-hybridized carbons (Fsp3) is 0.500. The van der Waals surface area contributed by atoms with Crippen LogP contribution in [0.5, 0.6) is 0 Å². The van der Waals surface area contributed by atoms with Crippen LogP contribution in [0.25, 0.3) is 0 Å². The second-order valence-corrected chi connectivity index (χ2v) is 1.31. The highest BCUT2D eigenvalue weighted by Crippen LogP contribution is 2.02. The van der Waals surface area contributed by atoms with Crippen molar-refractivity contribution in [2.24, 2.45) is 9.39 Å². The maximum atomic E-state index is 3.63. The van der Waals surface area contributed by atoms with Gasteiger partial charge in [-0.05, 0) is 0 Å². The van der Waals surface area contributed by atoms with E-state index in [0.717, 1.165) is 5.88 Å². The van der Waals surface area contributed by atoms with Gasteiger partial charge < -0.3 is 0 Å². The number of hydrogen-bond donors (Lipinski definition) is 0. The Morgan fingerprint density at radius 3 is 3.00 bits per heavy atom. The number of aliphatic imine (C=N–C) groups is 1. The van der Waals surface area contributed by atoms with Gasteiger partial charge in [-0.15, -0.1) is 0 Å². The fourth-order valence-corrected chi connectivity index (χ4v) is 0.433. The van der Waals surface area contributed by atoms with E-state index in [1.165, 1.54) is 11.9 Å². The second kappa shape index (κ2) is 1.24. The molecular weight excluding hydrogens is 84.1 g/mol. The molecule has 0 aromatic heterocycles. The summed E-state index contributed by atoms with van der Waals surface area (Å²) in [4.78, 5) is 3.63. The molecule has 0 unspecified atom stereocenters. The lowest BCUT2D eigenvalue weighted by atomic mass is 11.4. The van der Waals surface area contributed by atoms with Crippen molar-refractivity contribution in [3.63, 3.8) is 0 Å². The number of nitrogens with zero attached hydrogens (tertiary/aromatic N) is 2. The monoisotopic (exact) mass is 86.0 g/mol. The van der Waals surface area contributed by atoms with Gasteiger partial charge in [-0.25, -0.2) is 4.99 Å². The summed E-state index contributed by atoms with van der Waals surface area (Å²) in [7, 11) is 0. The SMILES string of the molecule is C1=NCSN=1. The minimum Gasteiger partial charge on any atom is -0.212 e. The molecule has 0 spiro atoms. The van der Waals surface area contributed by atoms with Crippen molar-refractivity contribution >= 4 is 18.0 Å². The van der Waals surface area contributed by atoms with Gasteiger partial charge in [0.1, 0.15) is 11.9 Å². The minimum atomic E-state index is 0.764. The summed E-state index contributed by atoms with van der Waals surface area (Å²) in [6.45, 7) is 0. The quantitative estimate of drug-likeness (QED) is 0.400. The molecule has 1 heterocycles. The maximum absolute atomic E-state index is 3.63. The Morgan fingerprint density at radius 2 is 2.80 bits per heavy atom. The van der Waals surface area contributed by atoms with Gasteiger partial charge in [0, 0.05) is 11.9 Å². The van der Waals surface area contributed by atoms with E-state index in [4.69, 9.17) is 0 Å². The lowest BCUT2D eigenvalue weighted by Gasteiger charge is -1.63. The van der Waals surface area contributed by atoms with Gasteiger partial charge in [0.15, 0.2) is 0 Å². The van der Waals surface area contributed by atoms with Crippen LogP contribution in [0, 0.1) is 0 Å². The van der Waals surface area contributed by atoms with Gasteiger partial charge in [0.25, 0.3) is 0 Å². The van der Waals surface area contributed by atoms with Crippen molar-refractivity contribution in [1.29, 1.82) is 0 Å². The van der Waals surface area contributed by atoms with Gasteiger partial charge in [0.05, 0.1) is 0 Å². The highest BCUT2D eigenvalue weighted by atomic mass is 32.2. The highest BCUT2D eigenvalue weighted by molar-refractivity contribution is 7.98. The summed E-state index contributed by atoms with van der Waals surface area (Å²) >= 11 is 1.42. The average molecular weight is 86.1 g/mol.